The standard InChI is InChI=1S/C19H19N3O5/c23-16(10-22-18(24)13-8-4-5-9-14(13)19(22)25)26-11-15-20-17(21-27-15)12-6-2-1-3-7-12/h1-3,6-7,13-14H,4-5,8-11H2/t13-,14-/m0/s1. The van der Waals surface area contributed by atoms with Gasteiger partial charge in [0.1, 0.15) is 6.54 Å². The van der Waals surface area contributed by atoms with Crippen molar-refractivity contribution in [2.24, 2.45) is 11.8 Å². The minimum Gasteiger partial charge on any atom is -0.454 e. The Morgan fingerprint density at radius 1 is 1.11 bits per heavy atom. The number of hydrogen-bond donors (Lipinski definition) is 0. The molecule has 8 heteroatoms. The van der Waals surface area contributed by atoms with Crippen LogP contribution < -0.4 is 0 Å². The van der Waals surface area contributed by atoms with E-state index in [2.05, 4.69) is 10.1 Å². The molecule has 27 heavy (non-hydrogen) atoms. The number of fused-ring (bicyclic) bond motifs is 1. The molecule has 1 aliphatic carbocycles. The molecule has 1 aromatic heterocycles. The van der Waals surface area contributed by atoms with Crippen LogP contribution in [0.5, 0.6) is 0 Å². The number of imide groups is 1. The van der Waals surface area contributed by atoms with Gasteiger partial charge < -0.3 is 9.26 Å². The van der Waals surface area contributed by atoms with Crippen molar-refractivity contribution in [3.63, 3.8) is 0 Å². The van der Waals surface area contributed by atoms with Crippen molar-refractivity contribution in [3.05, 3.63) is 36.2 Å². The van der Waals surface area contributed by atoms with Crippen LogP contribution >= 0.6 is 0 Å². The van der Waals surface area contributed by atoms with Crippen molar-refractivity contribution in [3.8, 4) is 11.4 Å². The molecule has 8 nitrogen and oxygen atoms in total. The summed E-state index contributed by atoms with van der Waals surface area (Å²) in [6, 6.07) is 9.26. The van der Waals surface area contributed by atoms with Crippen molar-refractivity contribution in [1.82, 2.24) is 15.0 Å². The highest BCUT2D eigenvalue weighted by Crippen LogP contribution is 2.37. The van der Waals surface area contributed by atoms with Gasteiger partial charge in [0.15, 0.2) is 6.61 Å². The van der Waals surface area contributed by atoms with Crippen molar-refractivity contribution in [2.75, 3.05) is 6.54 Å². The molecule has 2 aliphatic rings. The maximum Gasteiger partial charge on any atom is 0.326 e. The Balaban J connectivity index is 1.33. The molecule has 2 amide bonds. The van der Waals surface area contributed by atoms with Crippen molar-refractivity contribution >= 4 is 17.8 Å². The second kappa shape index (κ2) is 7.30. The number of aromatic nitrogens is 2. The third-order valence-corrected chi connectivity index (χ3v) is 5.08. The number of carbonyl (C=O) groups is 3. The molecule has 2 aromatic rings. The van der Waals surface area contributed by atoms with E-state index in [1.54, 1.807) is 0 Å². The minimum absolute atomic E-state index is 0.148. The Morgan fingerprint density at radius 3 is 2.44 bits per heavy atom. The molecule has 0 radical (unpaired) electrons. The second-order valence-corrected chi connectivity index (χ2v) is 6.80. The Kier molecular flexibility index (Phi) is 4.70. The molecule has 0 N–H and O–H groups in total. The number of carbonyl (C=O) groups excluding carboxylic acids is 3. The molecular weight excluding hydrogens is 350 g/mol. The molecule has 140 valence electrons. The molecule has 0 spiro atoms. The van der Waals surface area contributed by atoms with Crippen LogP contribution in [0.4, 0.5) is 0 Å². The Labute approximate surface area is 155 Å². The molecule has 0 bridgehead atoms. The van der Waals surface area contributed by atoms with Gasteiger partial charge >= 0.3 is 5.97 Å². The molecule has 1 saturated heterocycles. The smallest absolute Gasteiger partial charge is 0.326 e. The summed E-state index contributed by atoms with van der Waals surface area (Å²) in [6.07, 6.45) is 3.31. The van der Waals surface area contributed by atoms with E-state index in [0.717, 1.165) is 23.3 Å². The summed E-state index contributed by atoms with van der Waals surface area (Å²) >= 11 is 0. The number of nitrogens with zero attached hydrogens (tertiary/aromatic N) is 3. The van der Waals surface area contributed by atoms with Gasteiger partial charge in [-0.15, -0.1) is 0 Å². The first kappa shape index (κ1) is 17.4. The summed E-state index contributed by atoms with van der Waals surface area (Å²) in [5.41, 5.74) is 0.787. The minimum atomic E-state index is -0.671. The summed E-state index contributed by atoms with van der Waals surface area (Å²) in [6.45, 7) is -0.577. The van der Waals surface area contributed by atoms with Gasteiger partial charge in [-0.1, -0.05) is 48.3 Å². The predicted molar refractivity (Wildman–Crippen MR) is 91.7 cm³/mol. The Hall–Kier alpha value is -3.03. The largest absolute Gasteiger partial charge is 0.454 e. The molecule has 2 fully saturated rings. The zero-order valence-electron chi connectivity index (χ0n) is 14.7. The number of hydrogen-bond acceptors (Lipinski definition) is 7. The van der Waals surface area contributed by atoms with Gasteiger partial charge in [-0.2, -0.15) is 4.98 Å². The Bertz CT molecular complexity index is 839. The lowest BCUT2D eigenvalue weighted by molar-refractivity contribution is -0.154. The lowest BCUT2D eigenvalue weighted by Crippen LogP contribution is -2.36. The lowest BCUT2D eigenvalue weighted by Gasteiger charge is -2.19. The zero-order valence-corrected chi connectivity index (χ0v) is 14.7. The second-order valence-electron chi connectivity index (χ2n) is 6.80. The van der Waals surface area contributed by atoms with E-state index in [1.165, 1.54) is 0 Å². The predicted octanol–water partition coefficient (Wildman–Crippen LogP) is 1.95. The molecule has 2 heterocycles. The maximum absolute atomic E-state index is 12.4. The van der Waals surface area contributed by atoms with Crippen LogP contribution in [0.2, 0.25) is 0 Å². The van der Waals surface area contributed by atoms with Crippen LogP contribution in [0.15, 0.2) is 34.9 Å². The van der Waals surface area contributed by atoms with Crippen molar-refractivity contribution < 1.29 is 23.6 Å². The Morgan fingerprint density at radius 2 is 1.78 bits per heavy atom. The van der Waals surface area contributed by atoms with Gasteiger partial charge in [0.25, 0.3) is 5.89 Å². The number of rotatable bonds is 5. The van der Waals surface area contributed by atoms with Crippen molar-refractivity contribution in [2.45, 2.75) is 32.3 Å². The summed E-state index contributed by atoms with van der Waals surface area (Å²) in [5.74, 6) is -1.19. The van der Waals surface area contributed by atoms with Crippen LogP contribution in [0.1, 0.15) is 31.6 Å². The fourth-order valence-corrected chi connectivity index (χ4v) is 3.72. The third kappa shape index (κ3) is 3.47. The number of esters is 1. The van der Waals surface area contributed by atoms with E-state index in [4.69, 9.17) is 9.26 Å². The van der Waals surface area contributed by atoms with E-state index in [0.29, 0.717) is 18.7 Å². The molecular formula is C19H19N3O5. The highest BCUT2D eigenvalue weighted by Gasteiger charge is 2.48. The zero-order chi connectivity index (χ0) is 18.8. The molecule has 0 unspecified atom stereocenters. The summed E-state index contributed by atoms with van der Waals surface area (Å²) in [4.78, 5) is 42.0. The molecule has 1 aromatic carbocycles. The van der Waals surface area contributed by atoms with E-state index in [-0.39, 0.29) is 42.7 Å². The molecule has 2 atom stereocenters. The van der Waals surface area contributed by atoms with Crippen LogP contribution in [-0.4, -0.2) is 39.4 Å². The van der Waals surface area contributed by atoms with Gasteiger partial charge in [0, 0.05) is 5.56 Å². The monoisotopic (exact) mass is 369 g/mol. The van der Waals surface area contributed by atoms with E-state index in [1.807, 2.05) is 30.3 Å². The third-order valence-electron chi connectivity index (χ3n) is 5.08. The highest BCUT2D eigenvalue weighted by molar-refractivity contribution is 6.07. The summed E-state index contributed by atoms with van der Waals surface area (Å²) in [5, 5.41) is 3.84. The first-order valence-corrected chi connectivity index (χ1v) is 9.02. The maximum atomic E-state index is 12.4. The molecule has 1 saturated carbocycles. The number of likely N-dealkylation sites (tertiary alicyclic amines) is 1. The first-order valence-electron chi connectivity index (χ1n) is 9.02. The average Bonchev–Trinajstić information content (AvgIpc) is 3.27. The summed E-state index contributed by atoms with van der Waals surface area (Å²) < 4.78 is 10.2. The number of amides is 2. The van der Waals surface area contributed by atoms with Gasteiger partial charge in [-0.3, -0.25) is 19.3 Å². The van der Waals surface area contributed by atoms with Crippen LogP contribution in [0.3, 0.4) is 0 Å². The topological polar surface area (TPSA) is 103 Å². The average molecular weight is 369 g/mol. The highest BCUT2D eigenvalue weighted by atomic mass is 16.6. The molecule has 1 aliphatic heterocycles. The van der Waals surface area contributed by atoms with Crippen LogP contribution in [0, 0.1) is 11.8 Å². The van der Waals surface area contributed by atoms with Crippen LogP contribution in [0.25, 0.3) is 11.4 Å². The lowest BCUT2D eigenvalue weighted by atomic mass is 9.81. The van der Waals surface area contributed by atoms with Crippen molar-refractivity contribution in [1.29, 1.82) is 0 Å². The van der Waals surface area contributed by atoms with Gasteiger partial charge in [0.2, 0.25) is 17.6 Å². The summed E-state index contributed by atoms with van der Waals surface area (Å²) in [7, 11) is 0. The van der Waals surface area contributed by atoms with Gasteiger partial charge in [-0.05, 0) is 12.8 Å². The van der Waals surface area contributed by atoms with E-state index < -0.39 is 5.97 Å². The SMILES string of the molecule is O=C(CN1C(=O)[C@H]2CCCC[C@@H]2C1=O)OCc1nc(-c2ccccc2)no1. The quantitative estimate of drug-likeness (QED) is 0.586. The number of ether oxygens (including phenoxy) is 1. The van der Waals surface area contributed by atoms with Gasteiger partial charge in [-0.25, -0.2) is 0 Å². The fourth-order valence-electron chi connectivity index (χ4n) is 3.72. The molecule has 4 rings (SSSR count). The van der Waals surface area contributed by atoms with Crippen LogP contribution in [-0.2, 0) is 25.7 Å². The van der Waals surface area contributed by atoms with Gasteiger partial charge in [0.05, 0.1) is 11.8 Å². The normalized spacial score (nSPS) is 22.0. The van der Waals surface area contributed by atoms with E-state index in [9.17, 15) is 14.4 Å². The fraction of sp³-hybridized carbons (Fsp3) is 0.421. The first-order chi connectivity index (χ1) is 13.1. The number of benzene rings is 1. The van der Waals surface area contributed by atoms with E-state index >= 15 is 0 Å².